The summed E-state index contributed by atoms with van der Waals surface area (Å²) in [6, 6.07) is 0. The van der Waals surface area contributed by atoms with Gasteiger partial charge in [-0.25, -0.2) is 0 Å². The van der Waals surface area contributed by atoms with Crippen LogP contribution in [0.3, 0.4) is 0 Å². The molecule has 3 nitrogen and oxygen atoms in total. The van der Waals surface area contributed by atoms with E-state index in [-0.39, 0.29) is 0 Å². The lowest BCUT2D eigenvalue weighted by Gasteiger charge is -2.28. The van der Waals surface area contributed by atoms with Gasteiger partial charge in [0.15, 0.2) is 0 Å². The van der Waals surface area contributed by atoms with Gasteiger partial charge in [0, 0.05) is 25.0 Å². The summed E-state index contributed by atoms with van der Waals surface area (Å²) >= 11 is 0. The van der Waals surface area contributed by atoms with Gasteiger partial charge < -0.3 is 13.3 Å². The maximum Gasteiger partial charge on any atom is 0.536 e. The first kappa shape index (κ1) is 15.6. The van der Waals surface area contributed by atoms with Crippen LogP contribution in [0.5, 0.6) is 0 Å². The summed E-state index contributed by atoms with van der Waals surface area (Å²) in [6.07, 6.45) is 7.80. The molecule has 0 radical (unpaired) electrons. The molecule has 0 aromatic carbocycles. The highest BCUT2D eigenvalue weighted by Crippen LogP contribution is 2.30. The van der Waals surface area contributed by atoms with Crippen LogP contribution in [0.1, 0.15) is 47.0 Å². The van der Waals surface area contributed by atoms with Gasteiger partial charge in [0.1, 0.15) is 0 Å². The summed E-state index contributed by atoms with van der Waals surface area (Å²) in [7, 11) is -2.65. The fourth-order valence-electron chi connectivity index (χ4n) is 2.23. The fourth-order valence-corrected chi connectivity index (χ4v) is 4.86. The summed E-state index contributed by atoms with van der Waals surface area (Å²) in [4.78, 5) is 0. The zero-order chi connectivity index (χ0) is 13.4. The average Bonchev–Trinajstić information content (AvgIpc) is 2.79. The van der Waals surface area contributed by atoms with E-state index in [1.165, 1.54) is 12.0 Å². The quantitative estimate of drug-likeness (QED) is 0.599. The summed E-state index contributed by atoms with van der Waals surface area (Å²) < 4.78 is 17.7. The molecular formula is C14H26O3Si. The molecule has 0 unspecified atom stereocenters. The van der Waals surface area contributed by atoms with Crippen LogP contribution in [0, 0.1) is 0 Å². The molecule has 0 aliphatic heterocycles. The van der Waals surface area contributed by atoms with Gasteiger partial charge >= 0.3 is 8.80 Å². The molecule has 0 aromatic rings. The minimum absolute atomic E-state index is 0.626. The van der Waals surface area contributed by atoms with Crippen molar-refractivity contribution in [1.82, 2.24) is 0 Å². The van der Waals surface area contributed by atoms with Gasteiger partial charge in [0.2, 0.25) is 0 Å². The minimum Gasteiger partial charge on any atom is -0.370 e. The standard InChI is InChI=1S/C14H26O3Si/c1-5-9-13-10-11-14(12-13)18(15-6-2,16-7-3)17-8-4/h11-12H,5-10H2,1-4H3. The fraction of sp³-hybridized carbons (Fsp3) is 0.714. The van der Waals surface area contributed by atoms with Crippen molar-refractivity contribution < 1.29 is 13.3 Å². The molecule has 0 spiro atoms. The normalized spacial score (nSPS) is 15.8. The Balaban J connectivity index is 2.88. The van der Waals surface area contributed by atoms with E-state index in [2.05, 4.69) is 19.1 Å². The summed E-state index contributed by atoms with van der Waals surface area (Å²) in [5.41, 5.74) is 1.46. The highest BCUT2D eigenvalue weighted by molar-refractivity contribution is 6.69. The van der Waals surface area contributed by atoms with Crippen LogP contribution in [0.4, 0.5) is 0 Å². The van der Waals surface area contributed by atoms with Crippen LogP contribution in [-0.2, 0) is 13.3 Å². The van der Waals surface area contributed by atoms with E-state index in [4.69, 9.17) is 13.3 Å². The molecule has 4 heteroatoms. The summed E-state index contributed by atoms with van der Waals surface area (Å²) in [6.45, 7) is 10.1. The zero-order valence-electron chi connectivity index (χ0n) is 12.1. The third-order valence-electron chi connectivity index (χ3n) is 2.87. The first-order chi connectivity index (χ1) is 8.72. The zero-order valence-corrected chi connectivity index (χ0v) is 13.1. The molecule has 0 atom stereocenters. The second kappa shape index (κ2) is 7.89. The van der Waals surface area contributed by atoms with E-state index in [1.54, 1.807) is 0 Å². The molecule has 0 fully saturated rings. The van der Waals surface area contributed by atoms with Crippen LogP contribution in [-0.4, -0.2) is 28.6 Å². The molecule has 0 heterocycles. The first-order valence-corrected chi connectivity index (χ1v) is 8.76. The first-order valence-electron chi connectivity index (χ1n) is 7.04. The van der Waals surface area contributed by atoms with Gasteiger partial charge in [-0.1, -0.05) is 31.1 Å². The third-order valence-corrected chi connectivity index (χ3v) is 5.93. The lowest BCUT2D eigenvalue weighted by atomic mass is 10.1. The van der Waals surface area contributed by atoms with Crippen molar-refractivity contribution >= 4 is 8.80 Å². The Morgan fingerprint density at radius 1 is 1.00 bits per heavy atom. The van der Waals surface area contributed by atoms with Crippen LogP contribution in [0.15, 0.2) is 22.9 Å². The van der Waals surface area contributed by atoms with E-state index in [9.17, 15) is 0 Å². The number of hydrogen-bond acceptors (Lipinski definition) is 3. The maximum atomic E-state index is 5.90. The maximum absolute atomic E-state index is 5.90. The van der Waals surface area contributed by atoms with Crippen molar-refractivity contribution in [3.05, 3.63) is 22.9 Å². The van der Waals surface area contributed by atoms with Crippen LogP contribution in [0.25, 0.3) is 0 Å². The van der Waals surface area contributed by atoms with Gasteiger partial charge in [0.25, 0.3) is 0 Å². The summed E-state index contributed by atoms with van der Waals surface area (Å²) in [5, 5.41) is 1.15. The topological polar surface area (TPSA) is 27.7 Å². The second-order valence-electron chi connectivity index (χ2n) is 4.27. The number of hydrogen-bond donors (Lipinski definition) is 0. The number of allylic oxidation sites excluding steroid dienone is 4. The monoisotopic (exact) mass is 270 g/mol. The molecule has 0 bridgehead atoms. The molecule has 1 aliphatic rings. The van der Waals surface area contributed by atoms with Crippen molar-refractivity contribution in [2.75, 3.05) is 19.8 Å². The second-order valence-corrected chi connectivity index (χ2v) is 6.83. The van der Waals surface area contributed by atoms with Crippen molar-refractivity contribution in [2.45, 2.75) is 47.0 Å². The van der Waals surface area contributed by atoms with Crippen molar-refractivity contribution in [1.29, 1.82) is 0 Å². The van der Waals surface area contributed by atoms with Crippen LogP contribution < -0.4 is 0 Å². The SMILES string of the molecule is CCCC1=CC([Si](OCC)(OCC)OCC)=CC1. The van der Waals surface area contributed by atoms with Gasteiger partial charge in [-0.15, -0.1) is 0 Å². The highest BCUT2D eigenvalue weighted by Gasteiger charge is 2.45. The lowest BCUT2D eigenvalue weighted by Crippen LogP contribution is -2.47. The Morgan fingerprint density at radius 2 is 1.56 bits per heavy atom. The molecule has 1 aliphatic carbocycles. The highest BCUT2D eigenvalue weighted by atomic mass is 28.4. The molecule has 0 aromatic heterocycles. The molecule has 0 N–H and O–H groups in total. The molecule has 0 amide bonds. The van der Waals surface area contributed by atoms with E-state index < -0.39 is 8.80 Å². The summed E-state index contributed by atoms with van der Waals surface area (Å²) in [5.74, 6) is 0. The minimum atomic E-state index is -2.65. The molecular weight excluding hydrogens is 244 g/mol. The van der Waals surface area contributed by atoms with E-state index >= 15 is 0 Å². The Bertz CT molecular complexity index is 293. The van der Waals surface area contributed by atoms with E-state index in [1.807, 2.05) is 20.8 Å². The average molecular weight is 270 g/mol. The Morgan fingerprint density at radius 3 is 2.00 bits per heavy atom. The molecule has 0 saturated heterocycles. The van der Waals surface area contributed by atoms with Gasteiger partial charge in [0.05, 0.1) is 0 Å². The predicted octanol–water partition coefficient (Wildman–Crippen LogP) is 3.63. The van der Waals surface area contributed by atoms with Crippen molar-refractivity contribution in [2.24, 2.45) is 0 Å². The predicted molar refractivity (Wildman–Crippen MR) is 76.3 cm³/mol. The van der Waals surface area contributed by atoms with Crippen molar-refractivity contribution in [3.8, 4) is 0 Å². The Kier molecular flexibility index (Phi) is 6.85. The largest absolute Gasteiger partial charge is 0.536 e. The molecule has 104 valence electrons. The Labute approximate surface area is 112 Å². The van der Waals surface area contributed by atoms with Gasteiger partial charge in [-0.3, -0.25) is 0 Å². The van der Waals surface area contributed by atoms with Crippen molar-refractivity contribution in [3.63, 3.8) is 0 Å². The molecule has 1 rings (SSSR count). The smallest absolute Gasteiger partial charge is 0.370 e. The van der Waals surface area contributed by atoms with E-state index in [0.29, 0.717) is 19.8 Å². The lowest BCUT2D eigenvalue weighted by molar-refractivity contribution is 0.0818. The van der Waals surface area contributed by atoms with Gasteiger partial charge in [-0.2, -0.15) is 0 Å². The van der Waals surface area contributed by atoms with Crippen LogP contribution in [0.2, 0.25) is 0 Å². The van der Waals surface area contributed by atoms with Gasteiger partial charge in [-0.05, 0) is 33.6 Å². The molecule has 18 heavy (non-hydrogen) atoms. The van der Waals surface area contributed by atoms with Crippen LogP contribution >= 0.6 is 0 Å². The van der Waals surface area contributed by atoms with E-state index in [0.717, 1.165) is 18.0 Å². The third kappa shape index (κ3) is 3.78. The number of rotatable bonds is 9. The molecule has 0 saturated carbocycles. The Hall–Kier alpha value is -0.423.